The lowest BCUT2D eigenvalue weighted by Crippen LogP contribution is -2.49. The molecule has 3 rings (SSSR count). The molecule has 2 aromatic rings. The van der Waals surface area contributed by atoms with Gasteiger partial charge in [-0.05, 0) is 50.6 Å². The van der Waals surface area contributed by atoms with E-state index in [1.807, 2.05) is 69.3 Å². The van der Waals surface area contributed by atoms with Crippen LogP contribution >= 0.6 is 0 Å². The second kappa shape index (κ2) is 9.94. The van der Waals surface area contributed by atoms with Gasteiger partial charge in [0.1, 0.15) is 18.0 Å². The van der Waals surface area contributed by atoms with E-state index in [2.05, 4.69) is 10.4 Å². The summed E-state index contributed by atoms with van der Waals surface area (Å²) >= 11 is 0. The highest BCUT2D eigenvalue weighted by molar-refractivity contribution is 6.03. The van der Waals surface area contributed by atoms with E-state index in [0.717, 1.165) is 28.3 Å². The molecule has 1 N–H and O–H groups in total. The van der Waals surface area contributed by atoms with E-state index in [-0.39, 0.29) is 24.5 Å². The summed E-state index contributed by atoms with van der Waals surface area (Å²) in [7, 11) is 4.83. The van der Waals surface area contributed by atoms with Crippen LogP contribution < -0.4 is 14.8 Å². The number of hydrazone groups is 1. The third-order valence-electron chi connectivity index (χ3n) is 5.27. The van der Waals surface area contributed by atoms with Gasteiger partial charge >= 0.3 is 6.03 Å². The van der Waals surface area contributed by atoms with Gasteiger partial charge in [-0.1, -0.05) is 24.3 Å². The van der Waals surface area contributed by atoms with Crippen LogP contribution in [0.2, 0.25) is 0 Å². The maximum atomic E-state index is 13.3. The molecule has 0 bridgehead atoms. The Morgan fingerprint density at radius 2 is 1.76 bits per heavy atom. The molecule has 8 heteroatoms. The topological polar surface area (TPSA) is 83.5 Å². The predicted octanol–water partition coefficient (Wildman–Crippen LogP) is 3.82. The predicted molar refractivity (Wildman–Crippen MR) is 128 cm³/mol. The molecule has 176 valence electrons. The van der Waals surface area contributed by atoms with Crippen molar-refractivity contribution < 1.29 is 19.1 Å². The molecule has 0 radical (unpaired) electrons. The zero-order valence-electron chi connectivity index (χ0n) is 20.1. The Bertz CT molecular complexity index is 1030. The van der Waals surface area contributed by atoms with Gasteiger partial charge in [0.15, 0.2) is 0 Å². The second-order valence-corrected chi connectivity index (χ2v) is 9.05. The summed E-state index contributed by atoms with van der Waals surface area (Å²) in [6.07, 6.45) is 0.545. The molecule has 1 aliphatic heterocycles. The fourth-order valence-electron chi connectivity index (χ4n) is 3.57. The Morgan fingerprint density at radius 3 is 2.36 bits per heavy atom. The van der Waals surface area contributed by atoms with E-state index in [9.17, 15) is 9.59 Å². The number of likely N-dealkylation sites (N-methyl/N-ethyl adjacent to an activating group) is 1. The highest BCUT2D eigenvalue weighted by Gasteiger charge is 2.34. The first-order valence-corrected chi connectivity index (χ1v) is 10.8. The smallest absolute Gasteiger partial charge is 0.318 e. The van der Waals surface area contributed by atoms with Gasteiger partial charge in [-0.2, -0.15) is 5.10 Å². The fourth-order valence-corrected chi connectivity index (χ4v) is 3.57. The number of nitrogens with zero attached hydrogens (tertiary/aromatic N) is 3. The largest absolute Gasteiger partial charge is 0.497 e. The SMILES string of the molecule is COc1ccc([C@@H]2CC(c3cccc(OC)c3)=NN2C(=O)CN(C)C(=O)NC(C)(C)C)cc1. The minimum absolute atomic E-state index is 0.0938. The van der Waals surface area contributed by atoms with Crippen LogP contribution in [0, 0.1) is 0 Å². The lowest BCUT2D eigenvalue weighted by atomic mass is 9.98. The number of benzene rings is 2. The van der Waals surface area contributed by atoms with E-state index in [4.69, 9.17) is 9.47 Å². The zero-order chi connectivity index (χ0) is 24.2. The average Bonchev–Trinajstić information content (AvgIpc) is 3.23. The van der Waals surface area contributed by atoms with Crippen LogP contribution in [-0.4, -0.2) is 60.9 Å². The first kappa shape index (κ1) is 24.1. The maximum Gasteiger partial charge on any atom is 0.318 e. The van der Waals surface area contributed by atoms with Gasteiger partial charge in [-0.25, -0.2) is 9.80 Å². The molecule has 2 aromatic carbocycles. The van der Waals surface area contributed by atoms with Crippen molar-refractivity contribution in [3.63, 3.8) is 0 Å². The number of hydrogen-bond donors (Lipinski definition) is 1. The standard InChI is InChI=1S/C25H32N4O4/c1-25(2,3)26-24(31)28(4)16-23(30)29-22(17-10-12-19(32-5)13-11-17)15-21(27-29)18-8-7-9-20(14-18)33-6/h7-14,22H,15-16H2,1-6H3,(H,26,31)/t22-/m0/s1. The van der Waals surface area contributed by atoms with E-state index in [1.54, 1.807) is 21.3 Å². The molecular weight excluding hydrogens is 420 g/mol. The summed E-state index contributed by atoms with van der Waals surface area (Å²) in [5, 5.41) is 9.03. The number of carbonyl (C=O) groups is 2. The monoisotopic (exact) mass is 452 g/mol. The van der Waals surface area contributed by atoms with Crippen molar-refractivity contribution in [1.29, 1.82) is 0 Å². The Labute approximate surface area is 195 Å². The molecule has 3 amide bonds. The van der Waals surface area contributed by atoms with Gasteiger partial charge in [0.2, 0.25) is 0 Å². The van der Waals surface area contributed by atoms with Crippen LogP contribution in [0.5, 0.6) is 11.5 Å². The number of amides is 3. The molecule has 0 saturated carbocycles. The summed E-state index contributed by atoms with van der Waals surface area (Å²) in [5.41, 5.74) is 2.21. The maximum absolute atomic E-state index is 13.3. The van der Waals surface area contributed by atoms with Crippen molar-refractivity contribution >= 4 is 17.6 Å². The number of carbonyl (C=O) groups excluding carboxylic acids is 2. The Hall–Kier alpha value is -3.55. The Morgan fingerprint density at radius 1 is 1.09 bits per heavy atom. The average molecular weight is 453 g/mol. The summed E-state index contributed by atoms with van der Waals surface area (Å²) in [5.74, 6) is 1.20. The van der Waals surface area contributed by atoms with Crippen LogP contribution in [0.15, 0.2) is 53.6 Å². The Balaban J connectivity index is 1.87. The number of rotatable bonds is 6. The highest BCUT2D eigenvalue weighted by Crippen LogP contribution is 2.34. The van der Waals surface area contributed by atoms with Gasteiger partial charge in [-0.15, -0.1) is 0 Å². The number of urea groups is 1. The van der Waals surface area contributed by atoms with E-state index in [1.165, 1.54) is 9.91 Å². The number of methoxy groups -OCH3 is 2. The van der Waals surface area contributed by atoms with Gasteiger partial charge in [0, 0.05) is 24.6 Å². The molecule has 1 aliphatic rings. The van der Waals surface area contributed by atoms with Crippen molar-refractivity contribution in [1.82, 2.24) is 15.2 Å². The first-order chi connectivity index (χ1) is 15.6. The van der Waals surface area contributed by atoms with E-state index in [0.29, 0.717) is 6.42 Å². The van der Waals surface area contributed by atoms with Crippen LogP contribution in [-0.2, 0) is 4.79 Å². The van der Waals surface area contributed by atoms with Crippen molar-refractivity contribution in [2.75, 3.05) is 27.8 Å². The van der Waals surface area contributed by atoms with Crippen molar-refractivity contribution in [3.8, 4) is 11.5 Å². The molecule has 8 nitrogen and oxygen atoms in total. The van der Waals surface area contributed by atoms with E-state index < -0.39 is 5.54 Å². The van der Waals surface area contributed by atoms with E-state index >= 15 is 0 Å². The van der Waals surface area contributed by atoms with Crippen LogP contribution in [0.4, 0.5) is 4.79 Å². The summed E-state index contributed by atoms with van der Waals surface area (Å²) in [4.78, 5) is 27.1. The second-order valence-electron chi connectivity index (χ2n) is 9.05. The third kappa shape index (κ3) is 6.03. The summed E-state index contributed by atoms with van der Waals surface area (Å²) < 4.78 is 10.6. The van der Waals surface area contributed by atoms with Gasteiger partial charge in [-0.3, -0.25) is 4.79 Å². The minimum Gasteiger partial charge on any atom is -0.497 e. The number of nitrogens with one attached hydrogen (secondary N) is 1. The lowest BCUT2D eigenvalue weighted by Gasteiger charge is -2.28. The third-order valence-corrected chi connectivity index (χ3v) is 5.27. The summed E-state index contributed by atoms with van der Waals surface area (Å²) in [6, 6.07) is 14.6. The van der Waals surface area contributed by atoms with Crippen LogP contribution in [0.25, 0.3) is 0 Å². The minimum atomic E-state index is -0.397. The Kier molecular flexibility index (Phi) is 7.26. The quantitative estimate of drug-likeness (QED) is 0.722. The molecule has 0 aliphatic carbocycles. The van der Waals surface area contributed by atoms with Gasteiger partial charge in [0.05, 0.1) is 26.0 Å². The van der Waals surface area contributed by atoms with Crippen molar-refractivity contribution in [2.24, 2.45) is 5.10 Å². The summed E-state index contributed by atoms with van der Waals surface area (Å²) in [6.45, 7) is 5.59. The molecule has 33 heavy (non-hydrogen) atoms. The van der Waals surface area contributed by atoms with Gasteiger partial charge in [0.25, 0.3) is 5.91 Å². The molecule has 0 saturated heterocycles. The molecule has 0 unspecified atom stereocenters. The molecule has 1 heterocycles. The number of hydrogen-bond acceptors (Lipinski definition) is 5. The van der Waals surface area contributed by atoms with Crippen LogP contribution in [0.1, 0.15) is 44.4 Å². The van der Waals surface area contributed by atoms with Crippen molar-refractivity contribution in [2.45, 2.75) is 38.8 Å². The number of ether oxygens (including phenoxy) is 2. The normalized spacial score (nSPS) is 15.6. The van der Waals surface area contributed by atoms with Gasteiger partial charge < -0.3 is 19.7 Å². The molecular formula is C25H32N4O4. The molecule has 0 aromatic heterocycles. The fraction of sp³-hybridized carbons (Fsp3) is 0.400. The molecule has 0 fully saturated rings. The highest BCUT2D eigenvalue weighted by atomic mass is 16.5. The van der Waals surface area contributed by atoms with Crippen molar-refractivity contribution in [3.05, 3.63) is 59.7 Å². The lowest BCUT2D eigenvalue weighted by molar-refractivity contribution is -0.133. The molecule has 1 atom stereocenters. The molecule has 0 spiro atoms. The zero-order valence-corrected chi connectivity index (χ0v) is 20.1. The first-order valence-electron chi connectivity index (χ1n) is 10.8. The van der Waals surface area contributed by atoms with Crippen LogP contribution in [0.3, 0.4) is 0 Å².